The first-order chi connectivity index (χ1) is 14.2. The van der Waals surface area contributed by atoms with Crippen molar-refractivity contribution < 1.29 is 14.0 Å². The van der Waals surface area contributed by atoms with Crippen LogP contribution < -0.4 is 16.0 Å². The number of dihydropyridines is 1. The molecule has 156 valence electrons. The van der Waals surface area contributed by atoms with E-state index in [-0.39, 0.29) is 11.8 Å². The summed E-state index contributed by atoms with van der Waals surface area (Å²) >= 11 is 0. The number of carbonyl (C=O) groups is 2. The van der Waals surface area contributed by atoms with Crippen LogP contribution in [0.4, 0.5) is 0 Å². The number of amides is 2. The van der Waals surface area contributed by atoms with Crippen LogP contribution >= 0.6 is 0 Å². The number of nitrogens with zero attached hydrogens (tertiary/aromatic N) is 1. The van der Waals surface area contributed by atoms with Crippen molar-refractivity contribution in [2.24, 2.45) is 0 Å². The van der Waals surface area contributed by atoms with E-state index in [2.05, 4.69) is 16.0 Å². The van der Waals surface area contributed by atoms with Crippen LogP contribution in [-0.2, 0) is 16.1 Å². The van der Waals surface area contributed by atoms with Crippen molar-refractivity contribution in [1.82, 2.24) is 20.9 Å². The van der Waals surface area contributed by atoms with Crippen molar-refractivity contribution >= 4 is 22.8 Å². The van der Waals surface area contributed by atoms with E-state index in [0.29, 0.717) is 18.9 Å². The maximum absolute atomic E-state index is 12.6. The Hall–Kier alpha value is -3.48. The molecule has 1 aromatic heterocycles. The lowest BCUT2D eigenvalue weighted by Crippen LogP contribution is -2.59. The van der Waals surface area contributed by atoms with E-state index in [0.717, 1.165) is 33.6 Å². The Morgan fingerprint density at radius 1 is 1.30 bits per heavy atom. The predicted molar refractivity (Wildman–Crippen MR) is 115 cm³/mol. The van der Waals surface area contributed by atoms with Gasteiger partial charge in [-0.1, -0.05) is 24.3 Å². The second-order valence-corrected chi connectivity index (χ2v) is 8.24. The van der Waals surface area contributed by atoms with Gasteiger partial charge in [0.1, 0.15) is 22.7 Å². The van der Waals surface area contributed by atoms with Gasteiger partial charge in [-0.3, -0.25) is 9.59 Å². The Bertz CT molecular complexity index is 1120. The van der Waals surface area contributed by atoms with Crippen molar-refractivity contribution in [2.45, 2.75) is 32.9 Å². The molecule has 3 N–H and O–H groups in total. The molecule has 2 amide bonds. The topological polar surface area (TPSA) is 86.6 Å². The van der Waals surface area contributed by atoms with Gasteiger partial charge in [0.05, 0.1) is 12.2 Å². The summed E-state index contributed by atoms with van der Waals surface area (Å²) in [4.78, 5) is 26.3. The fourth-order valence-electron chi connectivity index (χ4n) is 3.55. The number of nitrogens with one attached hydrogen (secondary N) is 3. The van der Waals surface area contributed by atoms with E-state index in [1.165, 1.54) is 0 Å². The summed E-state index contributed by atoms with van der Waals surface area (Å²) < 4.78 is 5.91. The van der Waals surface area contributed by atoms with Gasteiger partial charge in [0, 0.05) is 30.6 Å². The normalized spacial score (nSPS) is 17.9. The Balaban J connectivity index is 1.44. The zero-order chi connectivity index (χ0) is 21.5. The zero-order valence-corrected chi connectivity index (χ0v) is 17.6. The van der Waals surface area contributed by atoms with Crippen molar-refractivity contribution in [3.05, 3.63) is 70.9 Å². The van der Waals surface area contributed by atoms with E-state index in [1.54, 1.807) is 24.1 Å². The highest BCUT2D eigenvalue weighted by atomic mass is 16.3. The van der Waals surface area contributed by atoms with Crippen LogP contribution in [0.1, 0.15) is 25.2 Å². The molecule has 4 rings (SSSR count). The first-order valence-corrected chi connectivity index (χ1v) is 9.93. The molecule has 3 heterocycles. The number of rotatable bonds is 4. The summed E-state index contributed by atoms with van der Waals surface area (Å²) in [5.41, 5.74) is 2.95. The van der Waals surface area contributed by atoms with E-state index >= 15 is 0 Å². The number of aryl methyl sites for hydroxylation is 1. The Morgan fingerprint density at radius 2 is 2.07 bits per heavy atom. The lowest BCUT2D eigenvalue weighted by molar-refractivity contribution is -0.126. The van der Waals surface area contributed by atoms with Gasteiger partial charge in [0.2, 0.25) is 5.91 Å². The Morgan fingerprint density at radius 3 is 2.83 bits per heavy atom. The number of para-hydroxylation sites is 1. The van der Waals surface area contributed by atoms with Crippen LogP contribution in [0.3, 0.4) is 0 Å². The molecule has 0 unspecified atom stereocenters. The fraction of sp³-hybridized carbons (Fsp3) is 0.304. The maximum Gasteiger partial charge on any atom is 0.250 e. The largest absolute Gasteiger partial charge is 0.459 e. The molecule has 0 spiro atoms. The van der Waals surface area contributed by atoms with Crippen LogP contribution in [0.5, 0.6) is 0 Å². The number of hydrogen-bond donors (Lipinski definition) is 3. The number of furan rings is 1. The number of carbonyl (C=O) groups excluding carboxylic acids is 2. The molecule has 0 saturated heterocycles. The number of benzene rings is 1. The van der Waals surface area contributed by atoms with Crippen molar-refractivity contribution in [3.8, 4) is 0 Å². The van der Waals surface area contributed by atoms with Gasteiger partial charge in [-0.15, -0.1) is 0 Å². The highest BCUT2D eigenvalue weighted by Gasteiger charge is 2.34. The smallest absolute Gasteiger partial charge is 0.250 e. The van der Waals surface area contributed by atoms with Gasteiger partial charge in [-0.25, -0.2) is 0 Å². The molecule has 0 fully saturated rings. The summed E-state index contributed by atoms with van der Waals surface area (Å²) in [6, 6.07) is 7.87. The number of fused-ring (bicyclic) bond motifs is 1. The first-order valence-electron chi connectivity index (χ1n) is 9.93. The fourth-order valence-corrected chi connectivity index (χ4v) is 3.55. The van der Waals surface area contributed by atoms with Gasteiger partial charge in [0.15, 0.2) is 0 Å². The second-order valence-electron chi connectivity index (χ2n) is 8.24. The monoisotopic (exact) mass is 406 g/mol. The average Bonchev–Trinajstić information content (AvgIpc) is 3.02. The molecular formula is C23H26N4O3. The number of hydrogen-bond acceptors (Lipinski definition) is 5. The molecule has 2 aromatic rings. The van der Waals surface area contributed by atoms with Crippen LogP contribution in [-0.4, -0.2) is 35.8 Å². The lowest BCUT2D eigenvalue weighted by Gasteiger charge is -2.35. The molecule has 0 atom stereocenters. The molecule has 0 saturated carbocycles. The zero-order valence-electron chi connectivity index (χ0n) is 17.6. The quantitative estimate of drug-likeness (QED) is 0.679. The van der Waals surface area contributed by atoms with E-state index in [1.807, 2.05) is 51.1 Å². The minimum absolute atomic E-state index is 0.0844. The van der Waals surface area contributed by atoms with Gasteiger partial charge in [-0.05, 0) is 38.5 Å². The molecule has 0 bridgehead atoms. The van der Waals surface area contributed by atoms with Gasteiger partial charge >= 0.3 is 0 Å². The second kappa shape index (κ2) is 7.40. The molecule has 7 heteroatoms. The number of likely N-dealkylation sites (N-methyl/N-ethyl adjacent to an activating group) is 1. The molecule has 0 radical (unpaired) electrons. The predicted octanol–water partition coefficient (Wildman–Crippen LogP) is 2.45. The molecule has 2 aliphatic rings. The third-order valence-corrected chi connectivity index (χ3v) is 5.46. The standard InChI is InChI=1S/C23H26N4O3/c1-14-16-7-5-6-8-18(16)30-19(14)13-27(4)20(28)10-9-15-11-17-21(24-12-15)25-22(29)23(2,3)26-17/h5-11,24,26H,12-13H2,1-4H3,(H,25,29)/b10-9+. The van der Waals surface area contributed by atoms with E-state index < -0.39 is 5.54 Å². The van der Waals surface area contributed by atoms with Gasteiger partial charge < -0.3 is 25.3 Å². The molecule has 1 aromatic carbocycles. The summed E-state index contributed by atoms with van der Waals surface area (Å²) in [5.74, 6) is 1.26. The van der Waals surface area contributed by atoms with Crippen LogP contribution in [0.2, 0.25) is 0 Å². The third-order valence-electron chi connectivity index (χ3n) is 5.46. The molecule has 30 heavy (non-hydrogen) atoms. The van der Waals surface area contributed by atoms with E-state index in [4.69, 9.17) is 4.42 Å². The Labute approximate surface area is 175 Å². The minimum Gasteiger partial charge on any atom is -0.459 e. The summed E-state index contributed by atoms with van der Waals surface area (Å²) in [5, 5.41) is 10.3. The SMILES string of the molecule is Cc1c(CN(C)C(=O)/C=C/C2=CC3=C(NC2)NC(=O)C(C)(C)N3)oc2ccccc12. The summed E-state index contributed by atoms with van der Waals surface area (Å²) in [6.45, 7) is 6.58. The molecule has 7 nitrogen and oxygen atoms in total. The van der Waals surface area contributed by atoms with Crippen molar-refractivity contribution in [3.63, 3.8) is 0 Å². The summed E-state index contributed by atoms with van der Waals surface area (Å²) in [7, 11) is 1.76. The third kappa shape index (κ3) is 3.70. The highest BCUT2D eigenvalue weighted by Crippen LogP contribution is 2.26. The van der Waals surface area contributed by atoms with Crippen molar-refractivity contribution in [2.75, 3.05) is 13.6 Å². The minimum atomic E-state index is -0.691. The van der Waals surface area contributed by atoms with Crippen molar-refractivity contribution in [1.29, 1.82) is 0 Å². The molecule has 2 aliphatic heterocycles. The van der Waals surface area contributed by atoms with Crippen LogP contribution in [0, 0.1) is 6.92 Å². The lowest BCUT2D eigenvalue weighted by atomic mass is 9.99. The summed E-state index contributed by atoms with van der Waals surface area (Å²) in [6.07, 6.45) is 5.30. The van der Waals surface area contributed by atoms with Crippen LogP contribution in [0.15, 0.2) is 64.0 Å². The average molecular weight is 406 g/mol. The Kier molecular flexibility index (Phi) is 4.89. The highest BCUT2D eigenvalue weighted by molar-refractivity contribution is 5.89. The maximum atomic E-state index is 12.6. The van der Waals surface area contributed by atoms with Gasteiger partial charge in [-0.2, -0.15) is 0 Å². The molecular weight excluding hydrogens is 380 g/mol. The van der Waals surface area contributed by atoms with Crippen LogP contribution in [0.25, 0.3) is 11.0 Å². The number of allylic oxidation sites excluding steroid dienone is 1. The van der Waals surface area contributed by atoms with Gasteiger partial charge in [0.25, 0.3) is 5.91 Å². The van der Waals surface area contributed by atoms with E-state index in [9.17, 15) is 9.59 Å². The molecule has 0 aliphatic carbocycles. The first kappa shape index (κ1) is 19.8.